The Labute approximate surface area is 111 Å². The molecule has 0 saturated carbocycles. The third-order valence-electron chi connectivity index (χ3n) is 1.93. The normalized spacial score (nSPS) is 12.1. The summed E-state index contributed by atoms with van der Waals surface area (Å²) >= 11 is 1.93. The molecule has 0 spiro atoms. The Morgan fingerprint density at radius 1 is 1.50 bits per heavy atom. The summed E-state index contributed by atoms with van der Waals surface area (Å²) in [6.45, 7) is 0. The van der Waals surface area contributed by atoms with E-state index in [1.807, 2.05) is 0 Å². The smallest absolute Gasteiger partial charge is 0.296 e. The Bertz CT molecular complexity index is 681. The first kappa shape index (κ1) is 13.5. The summed E-state index contributed by atoms with van der Waals surface area (Å²) in [5.74, 6) is 0. The highest BCUT2D eigenvalue weighted by Gasteiger charge is 2.19. The molecule has 0 saturated heterocycles. The number of anilines is 1. The van der Waals surface area contributed by atoms with Crippen molar-refractivity contribution in [2.75, 3.05) is 12.8 Å². The zero-order valence-corrected chi connectivity index (χ0v) is 11.4. The van der Waals surface area contributed by atoms with Gasteiger partial charge in [-0.25, -0.2) is 9.87 Å². The van der Waals surface area contributed by atoms with Gasteiger partial charge in [0, 0.05) is 4.90 Å². The molecule has 0 radical (unpaired) electrons. The van der Waals surface area contributed by atoms with E-state index in [1.165, 1.54) is 13.2 Å². The van der Waals surface area contributed by atoms with Crippen LogP contribution in [0.1, 0.15) is 0 Å². The van der Waals surface area contributed by atoms with E-state index in [4.69, 9.17) is 10.3 Å². The Morgan fingerprint density at radius 3 is 2.83 bits per heavy atom. The number of aromatic nitrogens is 1. The van der Waals surface area contributed by atoms with Crippen LogP contribution in [0.5, 0.6) is 0 Å². The van der Waals surface area contributed by atoms with Crippen LogP contribution in [0, 0.1) is 0 Å². The van der Waals surface area contributed by atoms with Gasteiger partial charge in [-0.05, 0) is 12.1 Å². The summed E-state index contributed by atoms with van der Waals surface area (Å²) in [6, 6.07) is 2.88. The molecule has 0 aliphatic rings. The average Bonchev–Trinajstić information content (AvgIpc) is 2.63. The minimum Gasteiger partial charge on any atom is -0.375 e. The zero-order chi connectivity index (χ0) is 13.3. The highest BCUT2D eigenvalue weighted by Crippen LogP contribution is 2.34. The molecule has 0 atom stereocenters. The molecule has 98 valence electrons. The second-order valence-corrected chi connectivity index (χ2v) is 6.34. The Kier molecular flexibility index (Phi) is 3.75. The quantitative estimate of drug-likeness (QED) is 0.380. The molecule has 0 bridgehead atoms. The van der Waals surface area contributed by atoms with E-state index >= 15 is 0 Å². The van der Waals surface area contributed by atoms with E-state index in [2.05, 4.69) is 14.2 Å². The van der Waals surface area contributed by atoms with Crippen LogP contribution in [-0.2, 0) is 19.3 Å². The molecule has 0 unspecified atom stereocenters. The van der Waals surface area contributed by atoms with Gasteiger partial charge in [0.15, 0.2) is 5.13 Å². The van der Waals surface area contributed by atoms with E-state index in [0.717, 1.165) is 23.4 Å². The fourth-order valence-corrected chi connectivity index (χ4v) is 3.48. The maximum atomic E-state index is 11.3. The van der Waals surface area contributed by atoms with Gasteiger partial charge in [0.1, 0.15) is 10.4 Å². The van der Waals surface area contributed by atoms with Crippen molar-refractivity contribution < 1.29 is 22.2 Å². The van der Waals surface area contributed by atoms with Crippen molar-refractivity contribution in [3.05, 3.63) is 12.1 Å². The third kappa shape index (κ3) is 2.74. The second-order valence-electron chi connectivity index (χ2n) is 3.11. The summed E-state index contributed by atoms with van der Waals surface area (Å²) in [6.07, 6.45) is 0. The lowest BCUT2D eigenvalue weighted by molar-refractivity contribution is -0.160. The summed E-state index contributed by atoms with van der Waals surface area (Å²) in [4.78, 5) is 8.41. The van der Waals surface area contributed by atoms with Gasteiger partial charge in [0.2, 0.25) is 0 Å². The monoisotopic (exact) mass is 308 g/mol. The van der Waals surface area contributed by atoms with E-state index in [9.17, 15) is 8.42 Å². The van der Waals surface area contributed by atoms with E-state index < -0.39 is 10.1 Å². The topological polar surface area (TPSA) is 112 Å². The minimum atomic E-state index is -4.38. The van der Waals surface area contributed by atoms with Crippen LogP contribution >= 0.6 is 23.4 Å². The largest absolute Gasteiger partial charge is 0.375 e. The number of hydrogen-bond acceptors (Lipinski definition) is 8. The highest BCUT2D eigenvalue weighted by atomic mass is 32.2. The number of rotatable bonds is 4. The lowest BCUT2D eigenvalue weighted by Gasteiger charge is -2.02. The van der Waals surface area contributed by atoms with Crippen molar-refractivity contribution in [2.45, 2.75) is 9.79 Å². The van der Waals surface area contributed by atoms with Gasteiger partial charge in [-0.1, -0.05) is 11.3 Å². The second kappa shape index (κ2) is 4.99. The molecular formula is C8H8N2O5S3. The van der Waals surface area contributed by atoms with Crippen molar-refractivity contribution in [1.29, 1.82) is 0 Å². The van der Waals surface area contributed by atoms with Gasteiger partial charge >= 0.3 is 0 Å². The molecule has 0 fully saturated rings. The molecule has 10 heteroatoms. The SMILES string of the molecule is COOSc1cc(S(=O)(=O)O)c2nc(N)sc2c1. The number of hydrogen-bond donors (Lipinski definition) is 2. The number of nitrogen functional groups attached to an aromatic ring is 1. The number of nitrogens with zero attached hydrogens (tertiary/aromatic N) is 1. The fourth-order valence-electron chi connectivity index (χ4n) is 1.31. The lowest BCUT2D eigenvalue weighted by atomic mass is 10.3. The van der Waals surface area contributed by atoms with Gasteiger partial charge in [-0.2, -0.15) is 12.8 Å². The zero-order valence-electron chi connectivity index (χ0n) is 8.98. The van der Waals surface area contributed by atoms with Crippen LogP contribution in [0.4, 0.5) is 5.13 Å². The number of benzene rings is 1. The Morgan fingerprint density at radius 2 is 2.22 bits per heavy atom. The summed E-state index contributed by atoms with van der Waals surface area (Å²) < 4.78 is 36.9. The van der Waals surface area contributed by atoms with Gasteiger partial charge in [-0.15, -0.1) is 0 Å². The predicted molar refractivity (Wildman–Crippen MR) is 67.8 cm³/mol. The predicted octanol–water partition coefficient (Wildman–Crippen LogP) is 1.71. The summed E-state index contributed by atoms with van der Waals surface area (Å²) in [5.41, 5.74) is 5.66. The Hall–Kier alpha value is -0.910. The molecule has 1 heterocycles. The van der Waals surface area contributed by atoms with Gasteiger partial charge in [0.25, 0.3) is 10.1 Å². The molecule has 1 aromatic carbocycles. The molecule has 7 nitrogen and oxygen atoms in total. The minimum absolute atomic E-state index is 0.141. The van der Waals surface area contributed by atoms with Crippen LogP contribution in [0.25, 0.3) is 10.2 Å². The van der Waals surface area contributed by atoms with Crippen LogP contribution in [0.3, 0.4) is 0 Å². The fraction of sp³-hybridized carbons (Fsp3) is 0.125. The molecule has 0 aliphatic heterocycles. The van der Waals surface area contributed by atoms with Gasteiger partial charge in [0.05, 0.1) is 23.9 Å². The third-order valence-corrected chi connectivity index (χ3v) is 4.26. The maximum absolute atomic E-state index is 11.3. The molecule has 0 amide bonds. The van der Waals surface area contributed by atoms with Crippen LogP contribution in [-0.4, -0.2) is 25.1 Å². The van der Waals surface area contributed by atoms with Crippen LogP contribution < -0.4 is 5.73 Å². The number of fused-ring (bicyclic) bond motifs is 1. The summed E-state index contributed by atoms with van der Waals surface area (Å²) in [7, 11) is -3.07. The van der Waals surface area contributed by atoms with E-state index in [0.29, 0.717) is 9.60 Å². The lowest BCUT2D eigenvalue weighted by Crippen LogP contribution is -1.99. The highest BCUT2D eigenvalue weighted by molar-refractivity contribution is 7.94. The molecule has 0 aliphatic carbocycles. The van der Waals surface area contributed by atoms with Gasteiger partial charge < -0.3 is 5.73 Å². The molecule has 18 heavy (non-hydrogen) atoms. The first-order chi connectivity index (χ1) is 8.41. The molecule has 2 aromatic rings. The average molecular weight is 308 g/mol. The first-order valence-corrected chi connectivity index (χ1v) is 7.46. The maximum Gasteiger partial charge on any atom is 0.296 e. The van der Waals surface area contributed by atoms with Crippen molar-refractivity contribution in [3.8, 4) is 0 Å². The Balaban J connectivity index is 2.64. The molecule has 3 N–H and O–H groups in total. The van der Waals surface area contributed by atoms with Crippen LogP contribution in [0.15, 0.2) is 21.9 Å². The molecule has 2 rings (SSSR count). The van der Waals surface area contributed by atoms with Gasteiger partial charge in [-0.3, -0.25) is 4.55 Å². The van der Waals surface area contributed by atoms with Crippen molar-refractivity contribution in [3.63, 3.8) is 0 Å². The number of thiazole rings is 1. The molecule has 1 aromatic heterocycles. The van der Waals surface area contributed by atoms with E-state index in [1.54, 1.807) is 6.07 Å². The standard InChI is InChI=1S/C8H8N2O5S3/c1-14-15-17-4-2-5-7(10-8(9)16-5)6(3-4)18(11,12)13/h2-3H,1H3,(H2,9,10)(H,11,12,13). The molecular weight excluding hydrogens is 300 g/mol. The van der Waals surface area contributed by atoms with Crippen LogP contribution in [0.2, 0.25) is 0 Å². The van der Waals surface area contributed by atoms with Crippen molar-refractivity contribution >= 4 is 48.8 Å². The van der Waals surface area contributed by atoms with E-state index in [-0.39, 0.29) is 15.5 Å². The summed E-state index contributed by atoms with van der Waals surface area (Å²) in [5, 5.41) is 0.213. The van der Waals surface area contributed by atoms with Crippen molar-refractivity contribution in [1.82, 2.24) is 4.98 Å². The number of nitrogens with two attached hydrogens (primary N) is 1. The van der Waals surface area contributed by atoms with Crippen molar-refractivity contribution in [2.24, 2.45) is 0 Å². The first-order valence-electron chi connectivity index (χ1n) is 4.46.